The summed E-state index contributed by atoms with van der Waals surface area (Å²) >= 11 is 8.38. The molecule has 23 heteroatoms. The standard InChI is InChI=1S/C41H66ClN8O12PS/c42-40-45-38(44-37-3-2-34(62-37)29-61-32-63-52)36(26-43)39(46-40)49-30-41(31-49)6-4-35(5-7-41)64-25-24-59-21-20-57-18-19-58-22-23-60-28-33-27-50(48-47-33)8-11-54-13-15-56-17-16-55-14-12-53-10-1-9-51/h9,26-27,34-35,37,43H,1-8,10-25,28-32H2,(H,44,45,46)/t34-,37+/m0/s1. The van der Waals surface area contributed by atoms with Gasteiger partial charge in [-0.25, -0.2) is 4.68 Å². The van der Waals surface area contributed by atoms with Crippen LogP contribution in [0.5, 0.6) is 0 Å². The number of thioether (sulfide) groups is 1. The molecule has 2 saturated heterocycles. The summed E-state index contributed by atoms with van der Waals surface area (Å²) < 4.78 is 68.2. The lowest BCUT2D eigenvalue weighted by molar-refractivity contribution is -0.109. The fraction of sp³-hybridized carbons (Fsp3) is 0.805. The van der Waals surface area contributed by atoms with Crippen LogP contribution < -0.4 is 10.2 Å². The Kier molecular flexibility index (Phi) is 25.8. The largest absolute Gasteiger partial charge is 0.379 e. The monoisotopic (exact) mass is 960 g/mol. The van der Waals surface area contributed by atoms with Crippen LogP contribution in [0.2, 0.25) is 5.28 Å². The summed E-state index contributed by atoms with van der Waals surface area (Å²) in [5.41, 5.74) is 1.62. The van der Waals surface area contributed by atoms with Crippen LogP contribution >= 0.6 is 31.8 Å². The van der Waals surface area contributed by atoms with E-state index in [0.717, 1.165) is 43.7 Å². The predicted molar refractivity (Wildman–Crippen MR) is 240 cm³/mol. The number of carbonyl (C=O) groups is 1. The molecule has 1 spiro atoms. The number of hydrogen-bond acceptors (Lipinski definition) is 20. The molecule has 5 rings (SSSR count). The zero-order chi connectivity index (χ0) is 44.9. The lowest BCUT2D eigenvalue weighted by atomic mass is 9.68. The van der Waals surface area contributed by atoms with E-state index in [9.17, 15) is 9.36 Å². The minimum Gasteiger partial charge on any atom is -0.379 e. The number of anilines is 2. The molecule has 2 aliphatic heterocycles. The summed E-state index contributed by atoms with van der Waals surface area (Å²) in [5, 5.41) is 20.5. The third-order valence-electron chi connectivity index (χ3n) is 10.7. The van der Waals surface area contributed by atoms with E-state index in [1.54, 1.807) is 4.68 Å². The number of nitrogens with zero attached hydrogens (tertiary/aromatic N) is 6. The zero-order valence-electron chi connectivity index (χ0n) is 36.8. The van der Waals surface area contributed by atoms with Gasteiger partial charge in [-0.05, 0) is 50.1 Å². The quantitative estimate of drug-likeness (QED) is 0.0315. The van der Waals surface area contributed by atoms with Gasteiger partial charge in [-0.15, -0.1) is 5.10 Å². The van der Waals surface area contributed by atoms with Gasteiger partial charge in [0.05, 0.1) is 137 Å². The molecule has 0 radical (unpaired) electrons. The molecule has 360 valence electrons. The molecule has 4 heterocycles. The summed E-state index contributed by atoms with van der Waals surface area (Å²) in [6.45, 7) is 10.6. The van der Waals surface area contributed by atoms with Gasteiger partial charge >= 0.3 is 0 Å². The summed E-state index contributed by atoms with van der Waals surface area (Å²) in [4.78, 5) is 21.4. The van der Waals surface area contributed by atoms with Crippen LogP contribution in [-0.2, 0) is 69.9 Å². The number of aldehydes is 1. The summed E-state index contributed by atoms with van der Waals surface area (Å²) in [6, 6.07) is 0. The van der Waals surface area contributed by atoms with Crippen molar-refractivity contribution in [2.24, 2.45) is 5.41 Å². The number of rotatable bonds is 38. The molecule has 1 aliphatic carbocycles. The third-order valence-corrected chi connectivity index (χ3v) is 12.5. The Bertz CT molecular complexity index is 1610. The van der Waals surface area contributed by atoms with Crippen molar-refractivity contribution < 1.29 is 56.7 Å². The predicted octanol–water partition coefficient (Wildman–Crippen LogP) is 4.31. The Morgan fingerprint density at radius 1 is 0.828 bits per heavy atom. The van der Waals surface area contributed by atoms with Gasteiger partial charge < -0.3 is 67.8 Å². The number of hydrogen-bond donors (Lipinski definition) is 2. The van der Waals surface area contributed by atoms with Crippen molar-refractivity contribution in [2.75, 3.05) is 141 Å². The molecule has 2 N–H and O–H groups in total. The van der Waals surface area contributed by atoms with Gasteiger partial charge in [0.15, 0.2) is 8.46 Å². The first kappa shape index (κ1) is 52.5. The van der Waals surface area contributed by atoms with Gasteiger partial charge in [0.2, 0.25) is 5.28 Å². The first-order valence-electron chi connectivity index (χ1n) is 22.2. The van der Waals surface area contributed by atoms with Crippen molar-refractivity contribution >= 4 is 56.0 Å². The first-order valence-corrected chi connectivity index (χ1v) is 24.6. The van der Waals surface area contributed by atoms with E-state index in [4.69, 9.17) is 64.4 Å². The SMILES string of the molecule is N=Cc1c(N[C@H]2CC[C@@H](COCP=O)O2)nc(Cl)nc1N1CC2(CCC(SCCOCCOCCOCCOCc3cn(CCOCCOCCOCCOCCC=O)nn3)CC2)C1. The minimum atomic E-state index is -0.280. The number of halogens is 1. The second-order valence-corrected chi connectivity index (χ2v) is 17.8. The number of carbonyl (C=O) groups excluding carboxylic acids is 1. The van der Waals surface area contributed by atoms with E-state index in [-0.39, 0.29) is 37.8 Å². The topological polar surface area (TPSA) is 222 Å². The maximum absolute atomic E-state index is 10.6. The highest BCUT2D eigenvalue weighted by molar-refractivity contribution is 7.99. The van der Waals surface area contributed by atoms with Crippen LogP contribution in [0, 0.1) is 10.8 Å². The Balaban J connectivity index is 0.787. The Morgan fingerprint density at radius 2 is 1.45 bits per heavy atom. The van der Waals surface area contributed by atoms with Gasteiger partial charge in [0.1, 0.15) is 36.2 Å². The molecule has 64 heavy (non-hydrogen) atoms. The highest BCUT2D eigenvalue weighted by Crippen LogP contribution is 2.48. The highest BCUT2D eigenvalue weighted by atomic mass is 35.5. The van der Waals surface area contributed by atoms with E-state index in [1.807, 2.05) is 18.0 Å². The average Bonchev–Trinajstić information content (AvgIpc) is 3.95. The molecule has 0 aromatic carbocycles. The van der Waals surface area contributed by atoms with Crippen LogP contribution in [0.3, 0.4) is 0 Å². The number of nitrogens with one attached hydrogen (secondary N) is 2. The lowest BCUT2D eigenvalue weighted by Gasteiger charge is -2.54. The molecule has 2 atom stereocenters. The second-order valence-electron chi connectivity index (χ2n) is 15.5. The van der Waals surface area contributed by atoms with E-state index < -0.39 is 0 Å². The van der Waals surface area contributed by atoms with Gasteiger partial charge in [0.25, 0.3) is 0 Å². The molecular formula is C41H66ClN8O12PS. The first-order chi connectivity index (χ1) is 31.5. The van der Waals surface area contributed by atoms with Crippen LogP contribution in [0.15, 0.2) is 6.20 Å². The van der Waals surface area contributed by atoms with E-state index >= 15 is 0 Å². The van der Waals surface area contributed by atoms with Gasteiger partial charge in [-0.2, -0.15) is 21.7 Å². The molecule has 0 bridgehead atoms. The lowest BCUT2D eigenvalue weighted by Crippen LogP contribution is -2.58. The molecule has 2 aromatic heterocycles. The minimum absolute atomic E-state index is 0.0426. The smallest absolute Gasteiger partial charge is 0.226 e. The Hall–Kier alpha value is -2.50. The summed E-state index contributed by atoms with van der Waals surface area (Å²) in [6.07, 6.45) is 10.4. The molecule has 0 unspecified atom stereocenters. The molecule has 20 nitrogen and oxygen atoms in total. The Labute approximate surface area is 386 Å². The van der Waals surface area contributed by atoms with E-state index in [1.165, 1.54) is 31.9 Å². The van der Waals surface area contributed by atoms with Crippen molar-refractivity contribution in [3.05, 3.63) is 22.7 Å². The number of aromatic nitrogens is 5. The Morgan fingerprint density at radius 3 is 2.09 bits per heavy atom. The van der Waals surface area contributed by atoms with Gasteiger partial charge in [-0.1, -0.05) is 5.21 Å². The van der Waals surface area contributed by atoms with Crippen molar-refractivity contribution in [1.29, 1.82) is 5.41 Å². The average molecular weight is 962 g/mol. The highest BCUT2D eigenvalue weighted by Gasteiger charge is 2.46. The van der Waals surface area contributed by atoms with Crippen molar-refractivity contribution in [3.63, 3.8) is 0 Å². The molecule has 3 aliphatic rings. The molecular weight excluding hydrogens is 895 g/mol. The van der Waals surface area contributed by atoms with Crippen LogP contribution in [0.4, 0.5) is 11.6 Å². The summed E-state index contributed by atoms with van der Waals surface area (Å²) in [7, 11) is -0.0426. The number of ether oxygens (including phenoxy) is 10. The maximum Gasteiger partial charge on any atom is 0.226 e. The van der Waals surface area contributed by atoms with Gasteiger partial charge in [0, 0.05) is 42.1 Å². The molecule has 0 amide bonds. The van der Waals surface area contributed by atoms with E-state index in [0.29, 0.717) is 148 Å². The molecule has 2 aromatic rings. The van der Waals surface area contributed by atoms with Crippen LogP contribution in [0.25, 0.3) is 0 Å². The van der Waals surface area contributed by atoms with Crippen molar-refractivity contribution in [1.82, 2.24) is 25.0 Å². The normalized spacial score (nSPS) is 18.5. The molecule has 1 saturated carbocycles. The maximum atomic E-state index is 10.6. The second kappa shape index (κ2) is 31.5. The fourth-order valence-electron chi connectivity index (χ4n) is 7.50. The van der Waals surface area contributed by atoms with Crippen LogP contribution in [-0.4, -0.2) is 186 Å². The molecule has 3 fully saturated rings. The van der Waals surface area contributed by atoms with Crippen molar-refractivity contribution in [2.45, 2.75) is 75.7 Å². The van der Waals surface area contributed by atoms with Crippen molar-refractivity contribution in [3.8, 4) is 0 Å². The summed E-state index contributed by atoms with van der Waals surface area (Å²) in [5.74, 6) is 2.15. The third kappa shape index (κ3) is 19.8. The zero-order valence-corrected chi connectivity index (χ0v) is 39.3. The van der Waals surface area contributed by atoms with E-state index in [2.05, 4.69) is 30.5 Å². The fourth-order valence-corrected chi connectivity index (χ4v) is 8.96. The van der Waals surface area contributed by atoms with Crippen LogP contribution in [0.1, 0.15) is 56.2 Å². The van der Waals surface area contributed by atoms with Gasteiger partial charge in [-0.3, -0.25) is 4.57 Å².